The maximum atomic E-state index is 13.2. The van der Waals surface area contributed by atoms with Crippen molar-refractivity contribution in [3.63, 3.8) is 0 Å². The van der Waals surface area contributed by atoms with Crippen LogP contribution in [0.25, 0.3) is 10.9 Å². The number of nitrogens with two attached hydrogens (primary N) is 1. The van der Waals surface area contributed by atoms with Crippen molar-refractivity contribution in [3.8, 4) is 0 Å². The molecule has 1 atom stereocenters. The van der Waals surface area contributed by atoms with Gasteiger partial charge in [0, 0.05) is 12.0 Å². The second kappa shape index (κ2) is 9.62. The molecule has 0 radical (unpaired) electrons. The maximum Gasteiger partial charge on any atom is 0.333 e. The summed E-state index contributed by atoms with van der Waals surface area (Å²) in [4.78, 5) is 15.4. The number of carbonyl (C=O) groups excluding carboxylic acids is 1. The highest BCUT2D eigenvalue weighted by atomic mass is 35.5. The number of hydrogen-bond acceptors (Lipinski definition) is 4. The normalized spacial score (nSPS) is 12.4. The first kappa shape index (κ1) is 20.9. The molecule has 0 bridgehead atoms. The van der Waals surface area contributed by atoms with Gasteiger partial charge >= 0.3 is 12.6 Å². The molecule has 2 heterocycles. The van der Waals surface area contributed by atoms with Gasteiger partial charge in [-0.15, -0.1) is 0 Å². The topological polar surface area (TPSA) is 95.1 Å². The molecule has 0 spiro atoms. The summed E-state index contributed by atoms with van der Waals surface area (Å²) in [6, 6.07) is 9.78. The molecule has 2 amide bonds. The van der Waals surface area contributed by atoms with Gasteiger partial charge in [0.1, 0.15) is 5.15 Å². The van der Waals surface area contributed by atoms with Crippen LogP contribution in [0.3, 0.4) is 0 Å². The highest BCUT2D eigenvalue weighted by Crippen LogP contribution is 2.25. The number of rotatable bonds is 9. The maximum absolute atomic E-state index is 13.2. The number of nitrogens with one attached hydrogen (secondary N) is 1. The number of primary amides is 1. The van der Waals surface area contributed by atoms with Gasteiger partial charge in [-0.2, -0.15) is 13.9 Å². The zero-order valence-corrected chi connectivity index (χ0v) is 16.1. The molecule has 1 aromatic carbocycles. The van der Waals surface area contributed by atoms with Gasteiger partial charge in [0.2, 0.25) is 0 Å². The van der Waals surface area contributed by atoms with E-state index in [1.807, 2.05) is 30.3 Å². The van der Waals surface area contributed by atoms with Crippen LogP contribution in [0, 0.1) is 0 Å². The molecule has 2 aromatic heterocycles. The Labute approximate surface area is 170 Å². The predicted molar refractivity (Wildman–Crippen MR) is 105 cm³/mol. The molecule has 3 N–H and O–H groups in total. The minimum absolute atomic E-state index is 0.219. The largest absolute Gasteiger partial charge is 0.379 e. The third-order valence-electron chi connectivity index (χ3n) is 4.30. The van der Waals surface area contributed by atoms with Crippen molar-refractivity contribution in [2.75, 3.05) is 13.2 Å². The standard InChI is InChI=1S/C19H20ClF2N5O2/c20-16-9-13-10-24-27(18(21)22)17(13)14(25-16)7-4-8-29-11-15(26-19(23)28)12-5-2-1-3-6-12/h1-3,5-6,9-10,15,18H,4,7-8,11H2,(H3,23,26,28). The predicted octanol–water partition coefficient (Wildman–Crippen LogP) is 3.84. The van der Waals surface area contributed by atoms with Crippen LogP contribution in [0.4, 0.5) is 13.6 Å². The molecule has 0 fully saturated rings. The van der Waals surface area contributed by atoms with E-state index in [9.17, 15) is 13.6 Å². The quantitative estimate of drug-likeness (QED) is 0.404. The fourth-order valence-electron chi connectivity index (χ4n) is 3.07. The number of alkyl halides is 2. The second-order valence-corrected chi connectivity index (χ2v) is 6.73. The van der Waals surface area contributed by atoms with E-state index in [0.29, 0.717) is 35.2 Å². The fourth-order valence-corrected chi connectivity index (χ4v) is 3.29. The number of fused-ring (bicyclic) bond motifs is 1. The van der Waals surface area contributed by atoms with Gasteiger partial charge in [0.15, 0.2) is 0 Å². The number of benzene rings is 1. The minimum Gasteiger partial charge on any atom is -0.379 e. The molecule has 1 unspecified atom stereocenters. The van der Waals surface area contributed by atoms with Crippen LogP contribution in [-0.2, 0) is 11.2 Å². The number of aromatic nitrogens is 3. The molecule has 154 valence electrons. The zero-order chi connectivity index (χ0) is 20.8. The Bertz CT molecular complexity index is 968. The summed E-state index contributed by atoms with van der Waals surface area (Å²) in [5, 5.41) is 7.08. The first-order valence-electron chi connectivity index (χ1n) is 8.95. The van der Waals surface area contributed by atoms with E-state index in [4.69, 9.17) is 22.1 Å². The van der Waals surface area contributed by atoms with E-state index in [1.54, 1.807) is 0 Å². The van der Waals surface area contributed by atoms with Crippen LogP contribution in [-0.4, -0.2) is 34.0 Å². The SMILES string of the molecule is NC(=O)NC(COCCCc1nc(Cl)cc2cnn(C(F)F)c12)c1ccccc1. The summed E-state index contributed by atoms with van der Waals surface area (Å²) in [6.07, 6.45) is 2.25. The van der Waals surface area contributed by atoms with E-state index in [0.717, 1.165) is 5.56 Å². The lowest BCUT2D eigenvalue weighted by Gasteiger charge is -2.18. The Kier molecular flexibility index (Phi) is 6.95. The number of ether oxygens (including phenoxy) is 1. The van der Waals surface area contributed by atoms with Gasteiger partial charge in [-0.3, -0.25) is 0 Å². The van der Waals surface area contributed by atoms with E-state index in [1.165, 1.54) is 12.3 Å². The number of amides is 2. The van der Waals surface area contributed by atoms with Crippen molar-refractivity contribution in [2.45, 2.75) is 25.4 Å². The van der Waals surface area contributed by atoms with E-state index >= 15 is 0 Å². The van der Waals surface area contributed by atoms with Crippen LogP contribution in [0.2, 0.25) is 5.15 Å². The third kappa shape index (κ3) is 5.39. The molecule has 0 aliphatic heterocycles. The number of urea groups is 1. The highest BCUT2D eigenvalue weighted by Gasteiger charge is 2.17. The van der Waals surface area contributed by atoms with Gasteiger partial charge in [-0.25, -0.2) is 14.5 Å². The lowest BCUT2D eigenvalue weighted by molar-refractivity contribution is 0.0612. The number of hydrogen-bond donors (Lipinski definition) is 2. The highest BCUT2D eigenvalue weighted by molar-refractivity contribution is 6.30. The van der Waals surface area contributed by atoms with Crippen molar-refractivity contribution in [3.05, 3.63) is 59.0 Å². The molecule has 0 saturated heterocycles. The van der Waals surface area contributed by atoms with E-state index in [-0.39, 0.29) is 23.3 Å². The molecule has 0 aliphatic rings. The van der Waals surface area contributed by atoms with Crippen molar-refractivity contribution in [2.24, 2.45) is 5.73 Å². The number of nitrogens with zero attached hydrogens (tertiary/aromatic N) is 3. The lowest BCUT2D eigenvalue weighted by atomic mass is 10.1. The van der Waals surface area contributed by atoms with Crippen molar-refractivity contribution in [1.29, 1.82) is 0 Å². The van der Waals surface area contributed by atoms with Crippen LogP contribution >= 0.6 is 11.6 Å². The first-order chi connectivity index (χ1) is 14.0. The summed E-state index contributed by atoms with van der Waals surface area (Å²) in [5.41, 5.74) is 6.80. The van der Waals surface area contributed by atoms with Crippen LogP contribution in [0.1, 0.15) is 30.3 Å². The van der Waals surface area contributed by atoms with Crippen LogP contribution < -0.4 is 11.1 Å². The van der Waals surface area contributed by atoms with Gasteiger partial charge in [0.25, 0.3) is 0 Å². The van der Waals surface area contributed by atoms with Gasteiger partial charge in [0.05, 0.1) is 30.1 Å². The van der Waals surface area contributed by atoms with E-state index < -0.39 is 12.6 Å². The van der Waals surface area contributed by atoms with Crippen molar-refractivity contribution < 1.29 is 18.3 Å². The molecule has 0 aliphatic carbocycles. The average molecular weight is 424 g/mol. The average Bonchev–Trinajstić information content (AvgIpc) is 3.11. The molecule has 10 heteroatoms. The Morgan fingerprint density at radius 1 is 1.31 bits per heavy atom. The summed E-state index contributed by atoms with van der Waals surface area (Å²) in [6.45, 7) is -2.21. The van der Waals surface area contributed by atoms with Crippen LogP contribution in [0.15, 0.2) is 42.6 Å². The monoisotopic (exact) mass is 423 g/mol. The Balaban J connectivity index is 1.60. The smallest absolute Gasteiger partial charge is 0.333 e. The summed E-state index contributed by atoms with van der Waals surface area (Å²) < 4.78 is 32.7. The molecular weight excluding hydrogens is 404 g/mol. The molecule has 7 nitrogen and oxygen atoms in total. The Hall–Kier alpha value is -2.78. The van der Waals surface area contributed by atoms with Crippen molar-refractivity contribution in [1.82, 2.24) is 20.1 Å². The minimum atomic E-state index is -2.77. The van der Waals surface area contributed by atoms with Crippen LogP contribution in [0.5, 0.6) is 0 Å². The number of pyridine rings is 1. The molecular formula is C19H20ClF2N5O2. The number of aryl methyl sites for hydroxylation is 1. The first-order valence-corrected chi connectivity index (χ1v) is 9.33. The molecule has 3 aromatic rings. The Morgan fingerprint density at radius 3 is 2.76 bits per heavy atom. The fraction of sp³-hybridized carbons (Fsp3) is 0.316. The summed E-state index contributed by atoms with van der Waals surface area (Å²) in [7, 11) is 0. The lowest BCUT2D eigenvalue weighted by Crippen LogP contribution is -2.35. The van der Waals surface area contributed by atoms with Crippen molar-refractivity contribution >= 4 is 28.5 Å². The second-order valence-electron chi connectivity index (χ2n) is 6.35. The summed E-state index contributed by atoms with van der Waals surface area (Å²) >= 11 is 5.99. The molecule has 3 rings (SSSR count). The van der Waals surface area contributed by atoms with Gasteiger partial charge < -0.3 is 15.8 Å². The van der Waals surface area contributed by atoms with Gasteiger partial charge in [-0.05, 0) is 24.5 Å². The third-order valence-corrected chi connectivity index (χ3v) is 4.50. The number of halogens is 3. The number of carbonyl (C=O) groups is 1. The zero-order valence-electron chi connectivity index (χ0n) is 15.4. The summed E-state index contributed by atoms with van der Waals surface area (Å²) in [5.74, 6) is 0. The van der Waals surface area contributed by atoms with Gasteiger partial charge in [-0.1, -0.05) is 41.9 Å². The molecule has 0 saturated carbocycles. The van der Waals surface area contributed by atoms with E-state index in [2.05, 4.69) is 15.4 Å². The molecule has 29 heavy (non-hydrogen) atoms. The Morgan fingerprint density at radius 2 is 2.07 bits per heavy atom.